The highest BCUT2D eigenvalue weighted by Crippen LogP contribution is 2.19. The minimum Gasteiger partial charge on any atom is -0.494 e. The van der Waals surface area contributed by atoms with Crippen LogP contribution in [0.1, 0.15) is 71.1 Å². The average Bonchev–Trinajstić information content (AvgIpc) is 3.33. The van der Waals surface area contributed by atoms with Gasteiger partial charge in [0.1, 0.15) is 5.75 Å². The second kappa shape index (κ2) is 11.6. The van der Waals surface area contributed by atoms with Gasteiger partial charge in [-0.05, 0) is 53.2 Å². The number of rotatable bonds is 13. The number of fused-ring (bicyclic) bond motifs is 3. The van der Waals surface area contributed by atoms with E-state index in [9.17, 15) is 4.79 Å². The van der Waals surface area contributed by atoms with Gasteiger partial charge in [-0.25, -0.2) is 4.57 Å². The molecular weight excluding hydrogens is 414 g/mol. The Labute approximate surface area is 194 Å². The van der Waals surface area contributed by atoms with Crippen molar-refractivity contribution in [1.82, 2.24) is 24.6 Å². The number of para-hydroxylation sites is 1. The van der Waals surface area contributed by atoms with Crippen molar-refractivity contribution in [2.45, 2.75) is 71.1 Å². The Bertz CT molecular complexity index is 1210. The summed E-state index contributed by atoms with van der Waals surface area (Å²) in [6.45, 7) is 2.97. The molecule has 7 nitrogen and oxygen atoms in total. The molecule has 174 valence electrons. The molecule has 7 heteroatoms. The maximum atomic E-state index is 13.1. The molecule has 4 rings (SSSR count). The number of ether oxygens (including phenoxy) is 1. The molecule has 0 unspecified atom stereocenters. The van der Waals surface area contributed by atoms with Crippen molar-refractivity contribution in [2.24, 2.45) is 0 Å². The van der Waals surface area contributed by atoms with Crippen LogP contribution in [0.4, 0.5) is 0 Å². The lowest BCUT2D eigenvalue weighted by Crippen LogP contribution is -2.21. The monoisotopic (exact) mass is 447 g/mol. The smallest absolute Gasteiger partial charge is 0.267 e. The number of hydrogen-bond acceptors (Lipinski definition) is 5. The summed E-state index contributed by atoms with van der Waals surface area (Å²) in [6.07, 6.45) is 13.1. The summed E-state index contributed by atoms with van der Waals surface area (Å²) >= 11 is 0. The highest BCUT2D eigenvalue weighted by Gasteiger charge is 2.14. The summed E-state index contributed by atoms with van der Waals surface area (Å²) in [5, 5.41) is 12.5. The quantitative estimate of drug-likeness (QED) is 0.245. The molecule has 0 spiro atoms. The van der Waals surface area contributed by atoms with Gasteiger partial charge >= 0.3 is 0 Å². The molecule has 33 heavy (non-hydrogen) atoms. The van der Waals surface area contributed by atoms with Crippen molar-refractivity contribution < 1.29 is 4.74 Å². The van der Waals surface area contributed by atoms with Crippen LogP contribution >= 0.6 is 0 Å². The fourth-order valence-corrected chi connectivity index (χ4v) is 4.23. The van der Waals surface area contributed by atoms with Gasteiger partial charge in [0, 0.05) is 0 Å². The highest BCUT2D eigenvalue weighted by molar-refractivity contribution is 5.80. The van der Waals surface area contributed by atoms with Crippen molar-refractivity contribution in [3.63, 3.8) is 0 Å². The summed E-state index contributed by atoms with van der Waals surface area (Å²) in [4.78, 5) is 13.1. The van der Waals surface area contributed by atoms with Gasteiger partial charge in [0.15, 0.2) is 0 Å². The van der Waals surface area contributed by atoms with Crippen molar-refractivity contribution >= 4 is 16.7 Å². The SMILES string of the molecule is CCCCCCCCCCCCOc1ccc(-n2c(=O)c3ccccc3n3nnnc23)cc1. The molecule has 2 heterocycles. The van der Waals surface area contributed by atoms with E-state index in [2.05, 4.69) is 22.4 Å². The molecule has 0 aliphatic heterocycles. The molecule has 0 amide bonds. The Kier molecular flexibility index (Phi) is 8.06. The van der Waals surface area contributed by atoms with E-state index in [1.165, 1.54) is 62.4 Å². The van der Waals surface area contributed by atoms with E-state index in [1.54, 1.807) is 10.6 Å². The summed E-state index contributed by atoms with van der Waals surface area (Å²) in [7, 11) is 0. The zero-order chi connectivity index (χ0) is 22.9. The van der Waals surface area contributed by atoms with Gasteiger partial charge in [0.2, 0.25) is 0 Å². The van der Waals surface area contributed by atoms with Gasteiger partial charge in [0.25, 0.3) is 11.3 Å². The van der Waals surface area contributed by atoms with E-state index in [1.807, 2.05) is 42.5 Å². The number of nitrogens with zero attached hydrogens (tertiary/aromatic N) is 5. The first-order valence-electron chi connectivity index (χ1n) is 12.2. The Morgan fingerprint density at radius 3 is 2.21 bits per heavy atom. The summed E-state index contributed by atoms with van der Waals surface area (Å²) in [5.41, 5.74) is 1.25. The van der Waals surface area contributed by atoms with E-state index in [-0.39, 0.29) is 5.56 Å². The van der Waals surface area contributed by atoms with E-state index in [0.29, 0.717) is 29.0 Å². The van der Waals surface area contributed by atoms with E-state index >= 15 is 0 Å². The number of aromatic nitrogens is 5. The second-order valence-electron chi connectivity index (χ2n) is 8.57. The van der Waals surface area contributed by atoms with Gasteiger partial charge in [0.05, 0.1) is 23.2 Å². The third kappa shape index (κ3) is 5.59. The van der Waals surface area contributed by atoms with Crippen LogP contribution in [0.15, 0.2) is 53.3 Å². The van der Waals surface area contributed by atoms with Crippen LogP contribution in [0.3, 0.4) is 0 Å². The molecule has 0 bridgehead atoms. The number of benzene rings is 2. The Morgan fingerprint density at radius 1 is 0.818 bits per heavy atom. The summed E-state index contributed by atoms with van der Waals surface area (Å²) in [5.74, 6) is 1.19. The van der Waals surface area contributed by atoms with Gasteiger partial charge in [-0.2, -0.15) is 4.52 Å². The number of unbranched alkanes of at least 4 members (excludes halogenated alkanes) is 9. The van der Waals surface area contributed by atoms with Crippen LogP contribution in [-0.2, 0) is 0 Å². The van der Waals surface area contributed by atoms with E-state index < -0.39 is 0 Å². The Morgan fingerprint density at radius 2 is 1.48 bits per heavy atom. The zero-order valence-corrected chi connectivity index (χ0v) is 19.4. The Balaban J connectivity index is 1.30. The molecule has 0 aliphatic rings. The lowest BCUT2D eigenvalue weighted by Gasteiger charge is -2.10. The van der Waals surface area contributed by atoms with Crippen molar-refractivity contribution in [3.05, 3.63) is 58.9 Å². The molecule has 0 radical (unpaired) electrons. The first-order valence-corrected chi connectivity index (χ1v) is 12.2. The summed E-state index contributed by atoms with van der Waals surface area (Å²) < 4.78 is 9.03. The normalized spacial score (nSPS) is 11.4. The molecule has 4 aromatic rings. The van der Waals surface area contributed by atoms with Gasteiger partial charge in [-0.15, -0.1) is 0 Å². The predicted octanol–water partition coefficient (Wildman–Crippen LogP) is 5.73. The topological polar surface area (TPSA) is 74.3 Å². The van der Waals surface area contributed by atoms with Gasteiger partial charge in [-0.1, -0.05) is 81.9 Å². The molecule has 0 saturated heterocycles. The van der Waals surface area contributed by atoms with Crippen LogP contribution in [0.25, 0.3) is 22.4 Å². The molecule has 2 aromatic carbocycles. The van der Waals surface area contributed by atoms with Crippen LogP contribution in [0, 0.1) is 0 Å². The largest absolute Gasteiger partial charge is 0.494 e. The third-order valence-corrected chi connectivity index (χ3v) is 6.08. The summed E-state index contributed by atoms with van der Waals surface area (Å²) in [6, 6.07) is 14.9. The Hall–Kier alpha value is -3.22. The van der Waals surface area contributed by atoms with Gasteiger partial charge in [-0.3, -0.25) is 4.79 Å². The fourth-order valence-electron chi connectivity index (χ4n) is 4.23. The minimum atomic E-state index is -0.146. The van der Waals surface area contributed by atoms with Crippen molar-refractivity contribution in [3.8, 4) is 11.4 Å². The molecule has 0 atom stereocenters. The highest BCUT2D eigenvalue weighted by atomic mass is 16.5. The van der Waals surface area contributed by atoms with Crippen LogP contribution in [0.2, 0.25) is 0 Å². The first kappa shape index (κ1) is 23.0. The third-order valence-electron chi connectivity index (χ3n) is 6.08. The standard InChI is InChI=1S/C26H33N5O2/c1-2-3-4-5-6-7-8-9-10-13-20-33-22-18-16-21(17-19-22)30-25(32)23-14-11-12-15-24(23)31-26(30)27-28-29-31/h11-12,14-19H,2-10,13,20H2,1H3. The van der Waals surface area contributed by atoms with E-state index in [0.717, 1.165) is 12.2 Å². The van der Waals surface area contributed by atoms with Crippen molar-refractivity contribution in [1.29, 1.82) is 0 Å². The average molecular weight is 448 g/mol. The fraction of sp³-hybridized carbons (Fsp3) is 0.462. The second-order valence-corrected chi connectivity index (χ2v) is 8.57. The number of hydrogen-bond donors (Lipinski definition) is 0. The molecule has 0 fully saturated rings. The molecular formula is C26H33N5O2. The maximum absolute atomic E-state index is 13.1. The van der Waals surface area contributed by atoms with Crippen molar-refractivity contribution in [2.75, 3.05) is 6.61 Å². The maximum Gasteiger partial charge on any atom is 0.267 e. The van der Waals surface area contributed by atoms with Crippen LogP contribution in [0.5, 0.6) is 5.75 Å². The van der Waals surface area contributed by atoms with Gasteiger partial charge < -0.3 is 4.74 Å². The molecule has 0 saturated carbocycles. The minimum absolute atomic E-state index is 0.146. The number of tetrazole rings is 1. The lowest BCUT2D eigenvalue weighted by atomic mass is 10.1. The predicted molar refractivity (Wildman–Crippen MR) is 131 cm³/mol. The molecule has 0 N–H and O–H groups in total. The first-order chi connectivity index (χ1) is 16.3. The van der Waals surface area contributed by atoms with Crippen LogP contribution < -0.4 is 10.3 Å². The van der Waals surface area contributed by atoms with Crippen LogP contribution in [-0.4, -0.2) is 31.2 Å². The van der Waals surface area contributed by atoms with E-state index in [4.69, 9.17) is 4.74 Å². The lowest BCUT2D eigenvalue weighted by molar-refractivity contribution is 0.304. The molecule has 0 aliphatic carbocycles. The zero-order valence-electron chi connectivity index (χ0n) is 19.4. The molecule has 2 aromatic heterocycles.